The summed E-state index contributed by atoms with van der Waals surface area (Å²) in [6, 6.07) is 8.64. The molecule has 0 radical (unpaired) electrons. The predicted molar refractivity (Wildman–Crippen MR) is 83.9 cm³/mol. The monoisotopic (exact) mass is 355 g/mol. The van der Waals surface area contributed by atoms with E-state index < -0.39 is 26.5 Å². The number of carbonyl (C=O) groups excluding carboxylic acids is 1. The molecule has 0 aromatic heterocycles. The minimum atomic E-state index is -3.84. The Morgan fingerprint density at radius 3 is 2.30 bits per heavy atom. The molecule has 0 spiro atoms. The van der Waals surface area contributed by atoms with Crippen molar-refractivity contribution in [1.82, 2.24) is 0 Å². The molecule has 0 unspecified atom stereocenters. The van der Waals surface area contributed by atoms with E-state index in [4.69, 9.17) is 16.7 Å². The van der Waals surface area contributed by atoms with Gasteiger partial charge in [-0.1, -0.05) is 11.6 Å². The van der Waals surface area contributed by atoms with Gasteiger partial charge in [0.05, 0.1) is 9.82 Å². The average molecular weight is 356 g/mol. The van der Waals surface area contributed by atoms with Gasteiger partial charge in [-0.25, -0.2) is 13.6 Å². The first-order valence-electron chi connectivity index (χ1n) is 6.06. The van der Waals surface area contributed by atoms with Crippen LogP contribution in [0.15, 0.2) is 47.4 Å². The van der Waals surface area contributed by atoms with Crippen molar-refractivity contribution in [3.63, 3.8) is 0 Å². The number of sulfonamides is 1. The Bertz CT molecular complexity index is 881. The second-order valence-corrected chi connectivity index (χ2v) is 6.44. The number of nitrogens with two attached hydrogens (primary N) is 1. The molecule has 120 valence electrons. The molecular weight excluding hydrogens is 346 g/mol. The van der Waals surface area contributed by atoms with Gasteiger partial charge in [-0.3, -0.25) is 14.9 Å². The summed E-state index contributed by atoms with van der Waals surface area (Å²) in [5.74, 6) is -0.748. The molecular formula is C13H10ClN3O5S. The van der Waals surface area contributed by atoms with Crippen molar-refractivity contribution in [3.05, 3.63) is 63.2 Å². The summed E-state index contributed by atoms with van der Waals surface area (Å²) in [6.45, 7) is 0. The van der Waals surface area contributed by atoms with Crippen LogP contribution in [0, 0.1) is 10.1 Å². The minimum absolute atomic E-state index is 0.121. The minimum Gasteiger partial charge on any atom is -0.322 e. The number of hydrogen-bond donors (Lipinski definition) is 2. The quantitative estimate of drug-likeness (QED) is 0.640. The van der Waals surface area contributed by atoms with Crippen LogP contribution in [0.25, 0.3) is 0 Å². The van der Waals surface area contributed by atoms with E-state index in [9.17, 15) is 23.3 Å². The van der Waals surface area contributed by atoms with Crippen LogP contribution in [-0.2, 0) is 10.0 Å². The number of primary sulfonamides is 1. The molecule has 3 N–H and O–H groups in total. The van der Waals surface area contributed by atoms with Gasteiger partial charge in [0.2, 0.25) is 10.0 Å². The van der Waals surface area contributed by atoms with Gasteiger partial charge in [0, 0.05) is 16.8 Å². The van der Waals surface area contributed by atoms with Gasteiger partial charge in [0.25, 0.3) is 11.6 Å². The number of nitrogens with one attached hydrogen (secondary N) is 1. The lowest BCUT2D eigenvalue weighted by atomic mass is 10.1. The SMILES string of the molecule is NS(=O)(=O)c1ccc(NC(=O)c2cc(Cl)ccc2[N+](=O)[O-])cc1. The molecule has 0 bridgehead atoms. The van der Waals surface area contributed by atoms with E-state index >= 15 is 0 Å². The van der Waals surface area contributed by atoms with Crippen molar-refractivity contribution in [3.8, 4) is 0 Å². The van der Waals surface area contributed by atoms with Gasteiger partial charge < -0.3 is 5.32 Å². The maximum atomic E-state index is 12.2. The smallest absolute Gasteiger partial charge is 0.282 e. The standard InChI is InChI=1S/C13H10ClN3O5S/c14-8-1-6-12(17(19)20)11(7-8)13(18)16-9-2-4-10(5-3-9)23(15,21)22/h1-7H,(H,16,18)(H2,15,21,22). The van der Waals surface area contributed by atoms with Gasteiger partial charge in [0.15, 0.2) is 0 Å². The summed E-state index contributed by atoms with van der Waals surface area (Å²) in [4.78, 5) is 22.3. The van der Waals surface area contributed by atoms with Crippen molar-refractivity contribution in [1.29, 1.82) is 0 Å². The van der Waals surface area contributed by atoms with Crippen molar-refractivity contribution in [2.75, 3.05) is 5.32 Å². The van der Waals surface area contributed by atoms with Crippen LogP contribution in [0.2, 0.25) is 5.02 Å². The fourth-order valence-corrected chi connectivity index (χ4v) is 2.46. The van der Waals surface area contributed by atoms with Crippen LogP contribution in [0.1, 0.15) is 10.4 Å². The fourth-order valence-electron chi connectivity index (χ4n) is 1.78. The number of hydrogen-bond acceptors (Lipinski definition) is 5. The number of rotatable bonds is 4. The topological polar surface area (TPSA) is 132 Å². The molecule has 0 aliphatic heterocycles. The summed E-state index contributed by atoms with van der Waals surface area (Å²) in [7, 11) is -3.84. The Morgan fingerprint density at radius 1 is 1.17 bits per heavy atom. The summed E-state index contributed by atoms with van der Waals surface area (Å²) in [5, 5.41) is 18.5. The molecule has 10 heteroatoms. The number of halogens is 1. The molecule has 0 atom stereocenters. The maximum Gasteiger partial charge on any atom is 0.282 e. The van der Waals surface area contributed by atoms with Crippen LogP contribution < -0.4 is 10.5 Å². The second-order valence-electron chi connectivity index (χ2n) is 4.44. The number of nitrogens with zero attached hydrogens (tertiary/aromatic N) is 1. The molecule has 1 amide bonds. The first-order chi connectivity index (χ1) is 10.7. The van der Waals surface area contributed by atoms with Gasteiger partial charge in [0.1, 0.15) is 5.56 Å². The predicted octanol–water partition coefficient (Wildman–Crippen LogP) is 2.15. The lowest BCUT2D eigenvalue weighted by Crippen LogP contribution is -2.15. The Morgan fingerprint density at radius 2 is 1.78 bits per heavy atom. The Labute approximate surface area is 136 Å². The number of anilines is 1. The van der Waals surface area contributed by atoms with E-state index in [0.29, 0.717) is 0 Å². The number of nitro benzene ring substituents is 1. The zero-order chi connectivity index (χ0) is 17.2. The summed E-state index contributed by atoms with van der Waals surface area (Å²) < 4.78 is 22.3. The Hall–Kier alpha value is -2.49. The first kappa shape index (κ1) is 16.9. The van der Waals surface area contributed by atoms with Gasteiger partial charge in [-0.05, 0) is 36.4 Å². The molecule has 2 rings (SSSR count). The number of nitro groups is 1. The van der Waals surface area contributed by atoms with Crippen LogP contribution in [0.4, 0.5) is 11.4 Å². The third-order valence-electron chi connectivity index (χ3n) is 2.84. The van der Waals surface area contributed by atoms with Crippen LogP contribution >= 0.6 is 11.6 Å². The molecule has 0 saturated heterocycles. The normalized spacial score (nSPS) is 11.0. The average Bonchev–Trinajstić information content (AvgIpc) is 2.46. The highest BCUT2D eigenvalue weighted by molar-refractivity contribution is 7.89. The molecule has 0 heterocycles. The number of amides is 1. The highest BCUT2D eigenvalue weighted by Gasteiger charge is 2.20. The molecule has 0 aliphatic rings. The molecule has 8 nitrogen and oxygen atoms in total. The largest absolute Gasteiger partial charge is 0.322 e. The van der Waals surface area contributed by atoms with E-state index in [0.717, 1.165) is 6.07 Å². The van der Waals surface area contributed by atoms with Crippen LogP contribution in [0.3, 0.4) is 0 Å². The lowest BCUT2D eigenvalue weighted by Gasteiger charge is -2.07. The van der Waals surface area contributed by atoms with Gasteiger partial charge in [-0.2, -0.15) is 0 Å². The van der Waals surface area contributed by atoms with Crippen molar-refractivity contribution in [2.45, 2.75) is 4.90 Å². The first-order valence-corrected chi connectivity index (χ1v) is 7.99. The van der Waals surface area contributed by atoms with Crippen molar-refractivity contribution >= 4 is 38.9 Å². The van der Waals surface area contributed by atoms with E-state index in [2.05, 4.69) is 5.32 Å². The molecule has 0 fully saturated rings. The second kappa shape index (κ2) is 6.32. The highest BCUT2D eigenvalue weighted by Crippen LogP contribution is 2.24. The van der Waals surface area contributed by atoms with E-state index in [1.807, 2.05) is 0 Å². The van der Waals surface area contributed by atoms with Crippen molar-refractivity contribution in [2.24, 2.45) is 5.14 Å². The molecule has 0 saturated carbocycles. The maximum absolute atomic E-state index is 12.2. The van der Waals surface area contributed by atoms with Crippen LogP contribution in [0.5, 0.6) is 0 Å². The highest BCUT2D eigenvalue weighted by atomic mass is 35.5. The Balaban J connectivity index is 2.29. The van der Waals surface area contributed by atoms with Crippen LogP contribution in [-0.4, -0.2) is 19.2 Å². The Kier molecular flexibility index (Phi) is 4.64. The molecule has 2 aromatic rings. The fraction of sp³-hybridized carbons (Fsp3) is 0. The summed E-state index contributed by atoms with van der Waals surface area (Å²) in [5.41, 5.74) is -0.359. The molecule has 2 aromatic carbocycles. The zero-order valence-corrected chi connectivity index (χ0v) is 13.0. The number of carbonyl (C=O) groups is 1. The number of benzene rings is 2. The summed E-state index contributed by atoms with van der Waals surface area (Å²) >= 11 is 5.76. The van der Waals surface area contributed by atoms with Gasteiger partial charge >= 0.3 is 0 Å². The molecule has 23 heavy (non-hydrogen) atoms. The van der Waals surface area contributed by atoms with Crippen molar-refractivity contribution < 1.29 is 18.1 Å². The lowest BCUT2D eigenvalue weighted by molar-refractivity contribution is -0.385. The zero-order valence-electron chi connectivity index (χ0n) is 11.4. The molecule has 0 aliphatic carbocycles. The van der Waals surface area contributed by atoms with E-state index in [-0.39, 0.29) is 21.2 Å². The third-order valence-corrected chi connectivity index (χ3v) is 4.00. The summed E-state index contributed by atoms with van der Waals surface area (Å²) in [6.07, 6.45) is 0. The van der Waals surface area contributed by atoms with E-state index in [1.54, 1.807) is 0 Å². The van der Waals surface area contributed by atoms with Gasteiger partial charge in [-0.15, -0.1) is 0 Å². The van der Waals surface area contributed by atoms with E-state index in [1.165, 1.54) is 36.4 Å². The third kappa shape index (κ3) is 4.03.